The summed E-state index contributed by atoms with van der Waals surface area (Å²) in [6.45, 7) is 15.9. The fourth-order valence-electron chi connectivity index (χ4n) is 16.5. The van der Waals surface area contributed by atoms with Crippen LogP contribution in [0.1, 0.15) is 155 Å². The monoisotopic (exact) mass is 835 g/mol. The molecule has 8 nitrogen and oxygen atoms in total. The molecular weight excluding hydrogens is 761 g/mol. The number of Topliss-reactive ketones (excluding diaryl/α,β-unsaturated/α-hetero) is 2. The van der Waals surface area contributed by atoms with Crippen molar-refractivity contribution in [3.05, 3.63) is 70.8 Å². The minimum atomic E-state index is -0.673. The molecule has 1 saturated heterocycles. The second-order valence-electron chi connectivity index (χ2n) is 22.7. The number of rotatable bonds is 11. The van der Waals surface area contributed by atoms with Crippen LogP contribution in [0.4, 0.5) is 5.69 Å². The first-order valence-electron chi connectivity index (χ1n) is 24.1. The van der Waals surface area contributed by atoms with Crippen molar-refractivity contribution in [2.24, 2.45) is 51.2 Å². The number of hydrogen-bond acceptors (Lipinski definition) is 8. The summed E-state index contributed by atoms with van der Waals surface area (Å²) >= 11 is 0. The second-order valence-corrected chi connectivity index (χ2v) is 22.7. The zero-order chi connectivity index (χ0) is 43.4. The molecule has 0 radical (unpaired) electrons. The van der Waals surface area contributed by atoms with Crippen LogP contribution in [0.5, 0.6) is 5.75 Å². The van der Waals surface area contributed by atoms with E-state index in [9.17, 15) is 20.1 Å². The van der Waals surface area contributed by atoms with E-state index in [4.69, 9.17) is 10.5 Å². The SMILES string of the molecule is CC(O)CNC1CC2(C)C(CCC3=C(C(C)CC(O)C4OC4(C)C4CCCC4c4cccc(N)c4)C(=O)CC32C)C2(C3CCCC3)CC(c3cccc(O)c3)C(=O)C(C)(C)C12. The third-order valence-electron chi connectivity index (χ3n) is 19.1. The summed E-state index contributed by atoms with van der Waals surface area (Å²) in [7, 11) is 0. The van der Waals surface area contributed by atoms with Gasteiger partial charge in [-0.15, -0.1) is 0 Å². The number of nitrogens with one attached hydrogen (secondary N) is 1. The number of allylic oxidation sites excluding steroid dienone is 2. The van der Waals surface area contributed by atoms with Crippen molar-refractivity contribution in [3.63, 3.8) is 0 Å². The maximum Gasteiger partial charge on any atom is 0.159 e. The minimum Gasteiger partial charge on any atom is -0.508 e. The van der Waals surface area contributed by atoms with E-state index in [0.29, 0.717) is 37.1 Å². The Morgan fingerprint density at radius 2 is 1.61 bits per heavy atom. The number of carbonyl (C=O) groups is 2. The van der Waals surface area contributed by atoms with E-state index in [-0.39, 0.29) is 69.4 Å². The van der Waals surface area contributed by atoms with Crippen LogP contribution in [0.3, 0.4) is 0 Å². The van der Waals surface area contributed by atoms with E-state index in [0.717, 1.165) is 74.6 Å². The molecule has 8 heteroatoms. The number of aliphatic hydroxyl groups excluding tert-OH is 2. The Kier molecular flexibility index (Phi) is 10.8. The van der Waals surface area contributed by atoms with Crippen LogP contribution in [0, 0.1) is 51.2 Å². The van der Waals surface area contributed by atoms with Gasteiger partial charge in [0, 0.05) is 41.4 Å². The van der Waals surface area contributed by atoms with Gasteiger partial charge in [-0.2, -0.15) is 0 Å². The summed E-state index contributed by atoms with van der Waals surface area (Å²) < 4.78 is 6.52. The summed E-state index contributed by atoms with van der Waals surface area (Å²) in [5.74, 6) is 1.70. The van der Waals surface area contributed by atoms with Gasteiger partial charge in [0.2, 0.25) is 0 Å². The molecule has 14 atom stereocenters. The quantitative estimate of drug-likeness (QED) is 0.111. The summed E-state index contributed by atoms with van der Waals surface area (Å²) in [6.07, 6.45) is 10.9. The third-order valence-corrected chi connectivity index (χ3v) is 19.1. The smallest absolute Gasteiger partial charge is 0.159 e. The van der Waals surface area contributed by atoms with Crippen molar-refractivity contribution in [1.29, 1.82) is 0 Å². The Hall–Kier alpha value is -3.04. The second kappa shape index (κ2) is 15.3. The predicted molar refractivity (Wildman–Crippen MR) is 240 cm³/mol. The van der Waals surface area contributed by atoms with Gasteiger partial charge in [-0.05, 0) is 159 Å². The molecule has 2 aromatic rings. The molecule has 1 heterocycles. The highest BCUT2D eigenvalue weighted by atomic mass is 16.6. The fraction of sp³-hybridized carbons (Fsp3) is 0.698. The Bertz CT molecular complexity index is 2070. The number of benzene rings is 2. The largest absolute Gasteiger partial charge is 0.508 e. The van der Waals surface area contributed by atoms with Crippen molar-refractivity contribution in [1.82, 2.24) is 5.32 Å². The van der Waals surface area contributed by atoms with Gasteiger partial charge in [-0.1, -0.05) is 83.7 Å². The van der Waals surface area contributed by atoms with Gasteiger partial charge in [0.1, 0.15) is 17.6 Å². The van der Waals surface area contributed by atoms with Crippen molar-refractivity contribution < 1.29 is 29.6 Å². The lowest BCUT2D eigenvalue weighted by atomic mass is 9.32. The first kappa shape index (κ1) is 43.2. The van der Waals surface area contributed by atoms with Gasteiger partial charge in [0.25, 0.3) is 0 Å². The van der Waals surface area contributed by atoms with Crippen LogP contribution in [-0.2, 0) is 14.3 Å². The average molecular weight is 835 g/mol. The summed E-state index contributed by atoms with van der Waals surface area (Å²) in [5, 5.41) is 37.3. The molecule has 6 fully saturated rings. The number of hydrogen-bond donors (Lipinski definition) is 5. The number of phenolic OH excluding ortho intramolecular Hbond substituents is 1. The van der Waals surface area contributed by atoms with Gasteiger partial charge >= 0.3 is 0 Å². The van der Waals surface area contributed by atoms with Crippen LogP contribution < -0.4 is 11.1 Å². The molecule has 14 unspecified atom stereocenters. The number of fused-ring (bicyclic) bond motifs is 5. The summed E-state index contributed by atoms with van der Waals surface area (Å²) in [6, 6.07) is 15.7. The van der Waals surface area contributed by atoms with E-state index in [1.807, 2.05) is 37.3 Å². The molecule has 6 N–H and O–H groups in total. The fourth-order valence-corrected chi connectivity index (χ4v) is 16.5. The molecule has 332 valence electrons. The van der Waals surface area contributed by atoms with Gasteiger partial charge in [-0.3, -0.25) is 9.59 Å². The predicted octanol–water partition coefficient (Wildman–Crippen LogP) is 9.41. The molecule has 5 saturated carbocycles. The highest BCUT2D eigenvalue weighted by Crippen LogP contribution is 2.77. The molecule has 0 amide bonds. The van der Waals surface area contributed by atoms with E-state index in [1.54, 1.807) is 6.07 Å². The standard InChI is InChI=1S/C53H74N2O6/c1-30(23-42(58)48-52(7,61-48)39-20-12-19-37(39)32-13-10-17-35(54)24-32)45-40-21-22-44-51(6,50(40,5)28-43(45)59)27-41(55-29-31(2)56)46-49(3,4)47(60)38(33-14-11-18-36(57)25-33)26-53(44,46)34-15-8-9-16-34/h10-11,13-14,17-18,24-25,30-31,34,37-39,41-42,44,46,48,55-58H,8-9,12,15-16,19-23,26-29,54H2,1-7H3. The molecule has 7 aliphatic rings. The van der Waals surface area contributed by atoms with Gasteiger partial charge in [-0.25, -0.2) is 0 Å². The minimum absolute atomic E-state index is 0.0217. The summed E-state index contributed by atoms with van der Waals surface area (Å²) in [5.41, 5.74) is 9.52. The van der Waals surface area contributed by atoms with Gasteiger partial charge in [0.15, 0.2) is 5.78 Å². The number of aliphatic hydroxyl groups is 2. The lowest BCUT2D eigenvalue weighted by Gasteiger charge is -2.72. The molecule has 9 rings (SSSR count). The normalized spacial score (nSPS) is 41.0. The third kappa shape index (κ3) is 6.64. The van der Waals surface area contributed by atoms with Crippen molar-refractivity contribution >= 4 is 17.3 Å². The van der Waals surface area contributed by atoms with Crippen LogP contribution in [0.25, 0.3) is 0 Å². The van der Waals surface area contributed by atoms with E-state index in [1.165, 1.54) is 24.0 Å². The number of anilines is 1. The van der Waals surface area contributed by atoms with Crippen LogP contribution >= 0.6 is 0 Å². The zero-order valence-corrected chi connectivity index (χ0v) is 38.0. The van der Waals surface area contributed by atoms with Crippen molar-refractivity contribution in [3.8, 4) is 5.75 Å². The Morgan fingerprint density at radius 1 is 0.885 bits per heavy atom. The molecule has 6 aliphatic carbocycles. The van der Waals surface area contributed by atoms with Gasteiger partial charge < -0.3 is 31.1 Å². The molecule has 1 aliphatic heterocycles. The number of ketones is 2. The maximum atomic E-state index is 15.0. The van der Waals surface area contributed by atoms with E-state index >= 15 is 4.79 Å². The van der Waals surface area contributed by atoms with Crippen LogP contribution in [0.15, 0.2) is 59.7 Å². The number of aromatic hydroxyl groups is 1. The van der Waals surface area contributed by atoms with E-state index < -0.39 is 23.2 Å². The highest BCUT2D eigenvalue weighted by Gasteiger charge is 2.74. The Labute approximate surface area is 364 Å². The van der Waals surface area contributed by atoms with E-state index in [2.05, 4.69) is 59.0 Å². The molecular formula is C53H74N2O6. The van der Waals surface area contributed by atoms with Crippen molar-refractivity contribution in [2.45, 2.75) is 174 Å². The lowest BCUT2D eigenvalue weighted by Crippen LogP contribution is -2.72. The number of nitrogen functional groups attached to an aromatic ring is 1. The zero-order valence-electron chi connectivity index (χ0n) is 38.0. The molecule has 61 heavy (non-hydrogen) atoms. The van der Waals surface area contributed by atoms with Crippen LogP contribution in [0.2, 0.25) is 0 Å². The first-order chi connectivity index (χ1) is 28.9. The average Bonchev–Trinajstić information content (AvgIpc) is 3.63. The van der Waals surface area contributed by atoms with Crippen LogP contribution in [-0.4, -0.2) is 63.4 Å². The summed E-state index contributed by atoms with van der Waals surface area (Å²) in [4.78, 5) is 29.8. The first-order valence-corrected chi connectivity index (χ1v) is 24.1. The number of ether oxygens (including phenoxy) is 1. The molecule has 0 aromatic heterocycles. The Balaban J connectivity index is 1.06. The Morgan fingerprint density at radius 3 is 2.31 bits per heavy atom. The number of phenols is 1. The number of nitrogens with two attached hydrogens (primary N) is 1. The highest BCUT2D eigenvalue weighted by molar-refractivity contribution is 6.00. The maximum absolute atomic E-state index is 15.0. The number of epoxide rings is 1. The molecule has 0 bridgehead atoms. The number of carbonyl (C=O) groups excluding carboxylic acids is 2. The molecule has 2 aromatic carbocycles. The lowest BCUT2D eigenvalue weighted by molar-refractivity contribution is -0.217. The van der Waals surface area contributed by atoms with Crippen molar-refractivity contribution in [2.75, 3.05) is 12.3 Å². The molecule has 0 spiro atoms. The van der Waals surface area contributed by atoms with Gasteiger partial charge in [0.05, 0.1) is 17.8 Å². The topological polar surface area (TPSA) is 145 Å².